The molecule has 0 spiro atoms. The third-order valence-corrected chi connectivity index (χ3v) is 5.25. The second-order valence-electron chi connectivity index (χ2n) is 5.89. The Bertz CT molecular complexity index is 576. The Morgan fingerprint density at radius 3 is 2.45 bits per heavy atom. The molecule has 2 atom stereocenters. The fourth-order valence-electron chi connectivity index (χ4n) is 2.77. The molecular formula is C14H23N3O2S. The van der Waals surface area contributed by atoms with Gasteiger partial charge in [-0.25, -0.2) is 0 Å². The predicted octanol–water partition coefficient (Wildman–Crippen LogP) is 2.21. The lowest BCUT2D eigenvalue weighted by Crippen LogP contribution is -2.45. The monoisotopic (exact) mass is 297 g/mol. The molecule has 0 bridgehead atoms. The van der Waals surface area contributed by atoms with Gasteiger partial charge in [0.15, 0.2) is 0 Å². The average Bonchev–Trinajstić information content (AvgIpc) is 2.33. The van der Waals surface area contributed by atoms with Crippen molar-refractivity contribution in [2.24, 2.45) is 11.8 Å². The molecule has 0 aliphatic carbocycles. The summed E-state index contributed by atoms with van der Waals surface area (Å²) in [4.78, 5) is 0. The van der Waals surface area contributed by atoms with Crippen molar-refractivity contribution in [3.63, 3.8) is 0 Å². The zero-order valence-electron chi connectivity index (χ0n) is 12.3. The van der Waals surface area contributed by atoms with Gasteiger partial charge < -0.3 is 5.73 Å². The van der Waals surface area contributed by atoms with Crippen LogP contribution in [0.5, 0.6) is 0 Å². The fourth-order valence-corrected chi connectivity index (χ4v) is 4.30. The van der Waals surface area contributed by atoms with Crippen LogP contribution in [0, 0.1) is 18.8 Å². The molecule has 0 radical (unpaired) electrons. The summed E-state index contributed by atoms with van der Waals surface area (Å²) in [7, 11) is -3.51. The Hall–Kier alpha value is -1.27. The van der Waals surface area contributed by atoms with Crippen molar-refractivity contribution in [3.05, 3.63) is 23.8 Å². The van der Waals surface area contributed by atoms with E-state index < -0.39 is 10.2 Å². The number of anilines is 2. The van der Waals surface area contributed by atoms with Gasteiger partial charge in [0, 0.05) is 18.8 Å². The van der Waals surface area contributed by atoms with Gasteiger partial charge in [-0.1, -0.05) is 19.9 Å². The molecule has 0 amide bonds. The van der Waals surface area contributed by atoms with E-state index >= 15 is 0 Å². The number of nitrogens with one attached hydrogen (secondary N) is 1. The molecule has 1 aromatic rings. The molecule has 0 aromatic heterocycles. The van der Waals surface area contributed by atoms with Gasteiger partial charge in [0.25, 0.3) is 0 Å². The van der Waals surface area contributed by atoms with Crippen molar-refractivity contribution in [3.8, 4) is 0 Å². The number of hydrogen-bond donors (Lipinski definition) is 2. The molecule has 3 N–H and O–H groups in total. The molecule has 2 rings (SSSR count). The summed E-state index contributed by atoms with van der Waals surface area (Å²) in [5.41, 5.74) is 7.71. The number of nitrogens with zero attached hydrogens (tertiary/aromatic N) is 1. The van der Waals surface area contributed by atoms with Crippen LogP contribution < -0.4 is 10.5 Å². The first-order valence-electron chi connectivity index (χ1n) is 6.92. The van der Waals surface area contributed by atoms with E-state index in [4.69, 9.17) is 5.73 Å². The van der Waals surface area contributed by atoms with E-state index in [0.29, 0.717) is 36.3 Å². The molecule has 5 nitrogen and oxygen atoms in total. The minimum Gasteiger partial charge on any atom is -0.398 e. The number of benzene rings is 1. The van der Waals surface area contributed by atoms with Gasteiger partial charge in [0.2, 0.25) is 0 Å². The standard InChI is InChI=1S/C14H23N3O2S/c1-10-7-11(2)9-17(8-10)20(18,19)16-14-6-4-5-13(15)12(14)3/h4-6,10-11,16H,7-9,15H2,1-3H3. The highest BCUT2D eigenvalue weighted by Gasteiger charge is 2.30. The molecule has 0 saturated carbocycles. The lowest BCUT2D eigenvalue weighted by atomic mass is 9.94. The summed E-state index contributed by atoms with van der Waals surface area (Å²) in [5.74, 6) is 0.773. The van der Waals surface area contributed by atoms with Gasteiger partial charge in [-0.05, 0) is 42.9 Å². The van der Waals surface area contributed by atoms with Crippen LogP contribution in [0.25, 0.3) is 0 Å². The second kappa shape index (κ2) is 5.61. The van der Waals surface area contributed by atoms with Crippen LogP contribution in [0.2, 0.25) is 0 Å². The number of rotatable bonds is 3. The van der Waals surface area contributed by atoms with E-state index in [1.54, 1.807) is 18.2 Å². The van der Waals surface area contributed by atoms with Crippen LogP contribution in [-0.4, -0.2) is 25.8 Å². The van der Waals surface area contributed by atoms with Gasteiger partial charge in [-0.2, -0.15) is 12.7 Å². The molecule has 1 aliphatic rings. The van der Waals surface area contributed by atoms with Gasteiger partial charge in [0.1, 0.15) is 0 Å². The first kappa shape index (κ1) is 15.1. The van der Waals surface area contributed by atoms with E-state index in [-0.39, 0.29) is 0 Å². The Morgan fingerprint density at radius 1 is 1.25 bits per heavy atom. The van der Waals surface area contributed by atoms with E-state index in [9.17, 15) is 8.42 Å². The minimum atomic E-state index is -3.51. The van der Waals surface area contributed by atoms with Crippen LogP contribution in [-0.2, 0) is 10.2 Å². The first-order valence-corrected chi connectivity index (χ1v) is 8.36. The van der Waals surface area contributed by atoms with Crippen molar-refractivity contribution in [1.29, 1.82) is 0 Å². The number of piperidine rings is 1. The van der Waals surface area contributed by atoms with E-state index in [1.807, 2.05) is 6.92 Å². The Kier molecular flexibility index (Phi) is 4.25. The molecule has 1 fully saturated rings. The van der Waals surface area contributed by atoms with Crippen LogP contribution in [0.4, 0.5) is 11.4 Å². The van der Waals surface area contributed by atoms with Crippen molar-refractivity contribution in [1.82, 2.24) is 4.31 Å². The molecule has 1 aliphatic heterocycles. The number of hydrogen-bond acceptors (Lipinski definition) is 3. The van der Waals surface area contributed by atoms with Crippen molar-refractivity contribution < 1.29 is 8.42 Å². The average molecular weight is 297 g/mol. The number of nitrogen functional groups attached to an aromatic ring is 1. The topological polar surface area (TPSA) is 75.4 Å². The van der Waals surface area contributed by atoms with Crippen LogP contribution in [0.3, 0.4) is 0 Å². The summed E-state index contributed by atoms with van der Waals surface area (Å²) in [6, 6.07) is 5.25. The lowest BCUT2D eigenvalue weighted by Gasteiger charge is -2.34. The van der Waals surface area contributed by atoms with E-state index in [2.05, 4.69) is 18.6 Å². The van der Waals surface area contributed by atoms with Gasteiger partial charge in [0.05, 0.1) is 5.69 Å². The third kappa shape index (κ3) is 3.24. The molecule has 1 saturated heterocycles. The quantitative estimate of drug-likeness (QED) is 0.840. The summed E-state index contributed by atoms with van der Waals surface area (Å²) < 4.78 is 29.2. The highest BCUT2D eigenvalue weighted by atomic mass is 32.2. The smallest absolute Gasteiger partial charge is 0.301 e. The normalized spacial score (nSPS) is 24.6. The number of nitrogens with two attached hydrogens (primary N) is 1. The summed E-state index contributed by atoms with van der Waals surface area (Å²) in [5, 5.41) is 0. The van der Waals surface area contributed by atoms with E-state index in [1.165, 1.54) is 4.31 Å². The summed E-state index contributed by atoms with van der Waals surface area (Å²) in [6.07, 6.45) is 1.07. The molecule has 1 aromatic carbocycles. The molecule has 20 heavy (non-hydrogen) atoms. The third-order valence-electron chi connectivity index (χ3n) is 3.79. The highest BCUT2D eigenvalue weighted by Crippen LogP contribution is 2.26. The molecular weight excluding hydrogens is 274 g/mol. The maximum atomic E-state index is 12.5. The van der Waals surface area contributed by atoms with Crippen LogP contribution >= 0.6 is 0 Å². The van der Waals surface area contributed by atoms with Crippen molar-refractivity contribution in [2.75, 3.05) is 23.5 Å². The maximum Gasteiger partial charge on any atom is 0.301 e. The van der Waals surface area contributed by atoms with Gasteiger partial charge in [-0.15, -0.1) is 0 Å². The Morgan fingerprint density at radius 2 is 1.85 bits per heavy atom. The van der Waals surface area contributed by atoms with Gasteiger partial charge in [-0.3, -0.25) is 4.72 Å². The second-order valence-corrected chi connectivity index (χ2v) is 7.56. The predicted molar refractivity (Wildman–Crippen MR) is 82.7 cm³/mol. The SMILES string of the molecule is Cc1c(N)cccc1NS(=O)(=O)N1CC(C)CC(C)C1. The Balaban J connectivity index is 2.21. The zero-order valence-corrected chi connectivity index (χ0v) is 13.1. The van der Waals surface area contributed by atoms with E-state index in [0.717, 1.165) is 12.0 Å². The van der Waals surface area contributed by atoms with Crippen LogP contribution in [0.1, 0.15) is 25.8 Å². The lowest BCUT2D eigenvalue weighted by molar-refractivity contribution is 0.223. The fraction of sp³-hybridized carbons (Fsp3) is 0.571. The maximum absolute atomic E-state index is 12.5. The Labute approximate surface area is 121 Å². The van der Waals surface area contributed by atoms with Crippen molar-refractivity contribution >= 4 is 21.6 Å². The summed E-state index contributed by atoms with van der Waals surface area (Å²) >= 11 is 0. The highest BCUT2D eigenvalue weighted by molar-refractivity contribution is 7.90. The van der Waals surface area contributed by atoms with Crippen molar-refractivity contribution in [2.45, 2.75) is 27.2 Å². The molecule has 6 heteroatoms. The zero-order chi connectivity index (χ0) is 14.9. The van der Waals surface area contributed by atoms with Crippen LogP contribution in [0.15, 0.2) is 18.2 Å². The molecule has 1 heterocycles. The summed E-state index contributed by atoms with van der Waals surface area (Å²) in [6.45, 7) is 7.13. The molecule has 112 valence electrons. The molecule has 2 unspecified atom stereocenters. The first-order chi connectivity index (χ1) is 9.29. The van der Waals surface area contributed by atoms with Gasteiger partial charge >= 0.3 is 10.2 Å². The minimum absolute atomic E-state index is 0.386. The largest absolute Gasteiger partial charge is 0.398 e.